The molecule has 2 aromatic rings. The lowest BCUT2D eigenvalue weighted by molar-refractivity contribution is -0.143. The van der Waals surface area contributed by atoms with Crippen LogP contribution in [0.3, 0.4) is 0 Å². The van der Waals surface area contributed by atoms with Gasteiger partial charge in [-0.3, -0.25) is 24.6 Å². The topological polar surface area (TPSA) is 69.7 Å². The SMILES string of the molecule is CSCC[C@H]1N[C@]2(C(=O)N(CCCCl)c3ccccc32)[C@@H]2C(=O)N(Cc3ccccc3)C(=O)[C@H]21. The van der Waals surface area contributed by atoms with Crippen LogP contribution in [0.4, 0.5) is 5.69 Å². The number of hydrogen-bond acceptors (Lipinski definition) is 5. The quantitative estimate of drug-likeness (QED) is 0.447. The van der Waals surface area contributed by atoms with Crippen molar-refractivity contribution in [2.75, 3.05) is 29.3 Å². The Kier molecular flexibility index (Phi) is 6.44. The summed E-state index contributed by atoms with van der Waals surface area (Å²) in [6.45, 7) is 0.703. The van der Waals surface area contributed by atoms with Crippen LogP contribution in [0.25, 0.3) is 0 Å². The maximum absolute atomic E-state index is 14.1. The van der Waals surface area contributed by atoms with Crippen LogP contribution in [-0.4, -0.2) is 53.1 Å². The fourth-order valence-corrected chi connectivity index (χ4v) is 6.47. The van der Waals surface area contributed by atoms with Gasteiger partial charge < -0.3 is 4.90 Å². The van der Waals surface area contributed by atoms with Gasteiger partial charge in [-0.1, -0.05) is 48.5 Å². The number of likely N-dealkylation sites (tertiary alicyclic amines) is 1. The van der Waals surface area contributed by atoms with Crippen LogP contribution in [0.15, 0.2) is 54.6 Å². The molecule has 34 heavy (non-hydrogen) atoms. The Hall–Kier alpha value is -2.35. The molecule has 0 aliphatic carbocycles. The maximum Gasteiger partial charge on any atom is 0.252 e. The number of nitrogens with one attached hydrogen (secondary N) is 1. The molecule has 0 bridgehead atoms. The molecule has 0 saturated carbocycles. The number of anilines is 1. The van der Waals surface area contributed by atoms with E-state index in [1.807, 2.05) is 60.9 Å². The first-order valence-corrected chi connectivity index (χ1v) is 13.6. The summed E-state index contributed by atoms with van der Waals surface area (Å²) in [7, 11) is 0. The largest absolute Gasteiger partial charge is 0.310 e. The van der Waals surface area contributed by atoms with E-state index in [2.05, 4.69) is 5.32 Å². The summed E-state index contributed by atoms with van der Waals surface area (Å²) in [6.07, 6.45) is 3.38. The number of carbonyl (C=O) groups excluding carboxylic acids is 3. The average Bonchev–Trinajstić information content (AvgIpc) is 3.41. The Morgan fingerprint density at radius 2 is 1.74 bits per heavy atom. The van der Waals surface area contributed by atoms with Gasteiger partial charge in [0.25, 0.3) is 5.91 Å². The van der Waals surface area contributed by atoms with Crippen LogP contribution in [0.2, 0.25) is 0 Å². The number of amides is 3. The lowest BCUT2D eigenvalue weighted by Crippen LogP contribution is -2.55. The number of rotatable bonds is 8. The Morgan fingerprint density at radius 1 is 1.00 bits per heavy atom. The highest BCUT2D eigenvalue weighted by Gasteiger charge is 2.71. The number of nitrogens with zero attached hydrogens (tertiary/aromatic N) is 2. The molecule has 0 aromatic heterocycles. The second-order valence-electron chi connectivity index (χ2n) is 9.11. The van der Waals surface area contributed by atoms with Crippen LogP contribution in [0.5, 0.6) is 0 Å². The lowest BCUT2D eigenvalue weighted by Gasteiger charge is -2.30. The molecule has 4 atom stereocenters. The Labute approximate surface area is 209 Å². The first kappa shape index (κ1) is 23.4. The van der Waals surface area contributed by atoms with Crippen LogP contribution in [0.1, 0.15) is 24.0 Å². The molecule has 3 heterocycles. The van der Waals surface area contributed by atoms with Crippen molar-refractivity contribution in [2.45, 2.75) is 31.0 Å². The summed E-state index contributed by atoms with van der Waals surface area (Å²) in [5.74, 6) is -0.638. The molecule has 0 radical (unpaired) electrons. The van der Waals surface area contributed by atoms with Gasteiger partial charge >= 0.3 is 0 Å². The zero-order valence-corrected chi connectivity index (χ0v) is 20.6. The number of thioether (sulfide) groups is 1. The number of hydrogen-bond donors (Lipinski definition) is 1. The molecule has 3 aliphatic heterocycles. The predicted octanol–water partition coefficient (Wildman–Crippen LogP) is 3.38. The van der Waals surface area contributed by atoms with Crippen molar-refractivity contribution >= 4 is 46.8 Å². The molecule has 3 amide bonds. The number of para-hydroxylation sites is 1. The fraction of sp³-hybridized carbons (Fsp3) is 0.423. The molecule has 0 unspecified atom stereocenters. The molecule has 8 heteroatoms. The van der Waals surface area contributed by atoms with Crippen molar-refractivity contribution in [3.63, 3.8) is 0 Å². The molecule has 1 N–H and O–H groups in total. The van der Waals surface area contributed by atoms with Gasteiger partial charge in [0.2, 0.25) is 11.8 Å². The van der Waals surface area contributed by atoms with Gasteiger partial charge in [0.1, 0.15) is 5.54 Å². The maximum atomic E-state index is 14.1. The van der Waals surface area contributed by atoms with Crippen LogP contribution < -0.4 is 10.2 Å². The highest BCUT2D eigenvalue weighted by atomic mass is 35.5. The molecule has 2 saturated heterocycles. The van der Waals surface area contributed by atoms with Crippen molar-refractivity contribution in [2.24, 2.45) is 11.8 Å². The number of alkyl halides is 1. The summed E-state index contributed by atoms with van der Waals surface area (Å²) in [4.78, 5) is 44.9. The van der Waals surface area contributed by atoms with Crippen LogP contribution in [-0.2, 0) is 26.5 Å². The summed E-state index contributed by atoms with van der Waals surface area (Å²) in [5.41, 5.74) is 1.26. The summed E-state index contributed by atoms with van der Waals surface area (Å²) >= 11 is 7.65. The number of carbonyl (C=O) groups is 3. The third-order valence-corrected chi connectivity index (χ3v) is 8.20. The molecule has 5 rings (SSSR count). The lowest BCUT2D eigenvalue weighted by atomic mass is 9.76. The monoisotopic (exact) mass is 497 g/mol. The van der Waals surface area contributed by atoms with Gasteiger partial charge in [-0.25, -0.2) is 0 Å². The fourth-order valence-electron chi connectivity index (χ4n) is 5.86. The zero-order chi connectivity index (χ0) is 23.9. The highest BCUT2D eigenvalue weighted by Crippen LogP contribution is 2.55. The van der Waals surface area contributed by atoms with Gasteiger partial charge in [0.05, 0.1) is 18.4 Å². The summed E-state index contributed by atoms with van der Waals surface area (Å²) in [6, 6.07) is 16.9. The number of halogens is 1. The molecule has 6 nitrogen and oxygen atoms in total. The summed E-state index contributed by atoms with van der Waals surface area (Å²) < 4.78 is 0. The van der Waals surface area contributed by atoms with E-state index >= 15 is 0 Å². The van der Waals surface area contributed by atoms with E-state index in [0.29, 0.717) is 25.3 Å². The van der Waals surface area contributed by atoms with Crippen molar-refractivity contribution in [1.29, 1.82) is 0 Å². The van der Waals surface area contributed by atoms with E-state index in [4.69, 9.17) is 11.6 Å². The molecule has 2 fully saturated rings. The van der Waals surface area contributed by atoms with Gasteiger partial charge in [0, 0.05) is 29.7 Å². The predicted molar refractivity (Wildman–Crippen MR) is 135 cm³/mol. The molecular weight excluding hydrogens is 470 g/mol. The van der Waals surface area contributed by atoms with Gasteiger partial charge in [-0.05, 0) is 36.5 Å². The smallest absolute Gasteiger partial charge is 0.252 e. The Balaban J connectivity index is 1.59. The second-order valence-corrected chi connectivity index (χ2v) is 10.5. The molecule has 178 valence electrons. The van der Waals surface area contributed by atoms with E-state index in [1.54, 1.807) is 16.7 Å². The summed E-state index contributed by atoms with van der Waals surface area (Å²) in [5, 5.41) is 3.55. The first-order valence-electron chi connectivity index (χ1n) is 11.7. The van der Waals surface area contributed by atoms with E-state index in [1.165, 1.54) is 4.90 Å². The standard InChI is InChI=1S/C26H28ClN3O3S/c1-34-15-12-19-21-22(24(32)30(23(21)31)16-17-8-3-2-4-9-17)26(28-19)18-10-5-6-11-20(18)29(25(26)33)14-7-13-27/h2-6,8-11,19,21-22,28H,7,12-16H2,1H3/t19-,21+,22+,26+/m1/s1. The van der Waals surface area contributed by atoms with Gasteiger partial charge in [-0.15, -0.1) is 11.6 Å². The van der Waals surface area contributed by atoms with Crippen LogP contribution in [0, 0.1) is 11.8 Å². The molecule has 3 aliphatic rings. The second kappa shape index (κ2) is 9.36. The molecular formula is C26H28ClN3O3S. The van der Waals surface area contributed by atoms with Crippen LogP contribution >= 0.6 is 23.4 Å². The minimum Gasteiger partial charge on any atom is -0.310 e. The van der Waals surface area contributed by atoms with Crippen molar-refractivity contribution in [1.82, 2.24) is 10.2 Å². The number of benzene rings is 2. The van der Waals surface area contributed by atoms with Crippen molar-refractivity contribution in [3.8, 4) is 0 Å². The van der Waals surface area contributed by atoms with E-state index < -0.39 is 17.4 Å². The molecule has 1 spiro atoms. The van der Waals surface area contributed by atoms with E-state index in [0.717, 1.165) is 22.6 Å². The average molecular weight is 498 g/mol. The normalized spacial score (nSPS) is 27.7. The third kappa shape index (κ3) is 3.48. The minimum absolute atomic E-state index is 0.150. The Bertz CT molecular complexity index is 1110. The van der Waals surface area contributed by atoms with Gasteiger partial charge in [0.15, 0.2) is 0 Å². The molecule has 2 aromatic carbocycles. The minimum atomic E-state index is -1.23. The third-order valence-electron chi connectivity index (χ3n) is 7.29. The zero-order valence-electron chi connectivity index (χ0n) is 19.1. The highest BCUT2D eigenvalue weighted by molar-refractivity contribution is 7.98. The van der Waals surface area contributed by atoms with E-state index in [-0.39, 0.29) is 30.3 Å². The Morgan fingerprint density at radius 3 is 2.47 bits per heavy atom. The first-order chi connectivity index (χ1) is 16.5. The van der Waals surface area contributed by atoms with E-state index in [9.17, 15) is 14.4 Å². The number of fused-ring (bicyclic) bond motifs is 4. The number of imide groups is 1. The van der Waals surface area contributed by atoms with Gasteiger partial charge in [-0.2, -0.15) is 11.8 Å². The van der Waals surface area contributed by atoms with Crippen molar-refractivity contribution in [3.05, 3.63) is 65.7 Å². The van der Waals surface area contributed by atoms with Crippen molar-refractivity contribution < 1.29 is 14.4 Å².